The van der Waals surface area contributed by atoms with E-state index in [2.05, 4.69) is 15.2 Å². The standard InChI is InChI=1S/C13H20N4O2/c1-10(14)8-13(18)16-11-2-3-12(15-9-11)17-4-6-19-7-5-17/h2-3,9-10H,4-8,14H2,1H3,(H,16,18). The fourth-order valence-electron chi connectivity index (χ4n) is 1.94. The highest BCUT2D eigenvalue weighted by atomic mass is 16.5. The van der Waals surface area contributed by atoms with Crippen molar-refractivity contribution in [1.82, 2.24) is 4.98 Å². The van der Waals surface area contributed by atoms with Crippen LogP contribution in [0.2, 0.25) is 0 Å². The maximum atomic E-state index is 11.6. The van der Waals surface area contributed by atoms with Crippen LogP contribution in [0.5, 0.6) is 0 Å². The van der Waals surface area contributed by atoms with Gasteiger partial charge in [-0.25, -0.2) is 4.98 Å². The Kier molecular flexibility index (Phi) is 4.70. The van der Waals surface area contributed by atoms with E-state index in [9.17, 15) is 4.79 Å². The monoisotopic (exact) mass is 264 g/mol. The van der Waals surface area contributed by atoms with E-state index in [0.29, 0.717) is 12.1 Å². The molecule has 104 valence electrons. The number of nitrogens with one attached hydrogen (secondary N) is 1. The van der Waals surface area contributed by atoms with Crippen LogP contribution in [0.25, 0.3) is 0 Å². The second kappa shape index (κ2) is 6.49. The van der Waals surface area contributed by atoms with E-state index in [4.69, 9.17) is 10.5 Å². The van der Waals surface area contributed by atoms with Crippen molar-refractivity contribution < 1.29 is 9.53 Å². The predicted octanol–water partition coefficient (Wildman–Crippen LogP) is 0.594. The molecule has 6 heteroatoms. The molecule has 1 atom stereocenters. The van der Waals surface area contributed by atoms with Gasteiger partial charge < -0.3 is 20.7 Å². The number of rotatable bonds is 4. The molecule has 1 fully saturated rings. The minimum atomic E-state index is -0.138. The largest absolute Gasteiger partial charge is 0.378 e. The first-order valence-corrected chi connectivity index (χ1v) is 6.49. The number of aromatic nitrogens is 1. The van der Waals surface area contributed by atoms with Crippen LogP contribution in [0.3, 0.4) is 0 Å². The Morgan fingerprint density at radius 3 is 2.84 bits per heavy atom. The van der Waals surface area contributed by atoms with E-state index in [1.54, 1.807) is 13.1 Å². The van der Waals surface area contributed by atoms with Crippen molar-refractivity contribution in [2.75, 3.05) is 36.5 Å². The highest BCUT2D eigenvalue weighted by Gasteiger charge is 2.12. The van der Waals surface area contributed by atoms with Crippen molar-refractivity contribution in [1.29, 1.82) is 0 Å². The summed E-state index contributed by atoms with van der Waals surface area (Å²) in [7, 11) is 0. The second-order valence-electron chi connectivity index (χ2n) is 4.73. The second-order valence-corrected chi connectivity index (χ2v) is 4.73. The lowest BCUT2D eigenvalue weighted by Crippen LogP contribution is -2.36. The van der Waals surface area contributed by atoms with Gasteiger partial charge in [-0.05, 0) is 19.1 Å². The summed E-state index contributed by atoms with van der Waals surface area (Å²) >= 11 is 0. The number of carbonyl (C=O) groups excluding carboxylic acids is 1. The Hall–Kier alpha value is -1.66. The van der Waals surface area contributed by atoms with E-state index in [-0.39, 0.29) is 11.9 Å². The Bertz CT molecular complexity index is 413. The number of hydrogen-bond donors (Lipinski definition) is 2. The average molecular weight is 264 g/mol. The lowest BCUT2D eigenvalue weighted by Gasteiger charge is -2.27. The van der Waals surface area contributed by atoms with Crippen LogP contribution in [0, 0.1) is 0 Å². The molecule has 1 amide bonds. The molecule has 0 saturated carbocycles. The first-order valence-electron chi connectivity index (χ1n) is 6.49. The number of nitrogens with two attached hydrogens (primary N) is 1. The van der Waals surface area contributed by atoms with Crippen LogP contribution in [0.1, 0.15) is 13.3 Å². The number of hydrogen-bond acceptors (Lipinski definition) is 5. The van der Waals surface area contributed by atoms with Crippen molar-refractivity contribution in [3.63, 3.8) is 0 Å². The number of anilines is 2. The van der Waals surface area contributed by atoms with Gasteiger partial charge in [-0.15, -0.1) is 0 Å². The summed E-state index contributed by atoms with van der Waals surface area (Å²) in [5.74, 6) is 0.824. The fraction of sp³-hybridized carbons (Fsp3) is 0.538. The highest BCUT2D eigenvalue weighted by Crippen LogP contribution is 2.15. The van der Waals surface area contributed by atoms with Crippen molar-refractivity contribution >= 4 is 17.4 Å². The average Bonchev–Trinajstić information content (AvgIpc) is 2.39. The summed E-state index contributed by atoms with van der Waals surface area (Å²) in [5, 5.41) is 2.78. The minimum absolute atomic E-state index is 0.0871. The van der Waals surface area contributed by atoms with Gasteiger partial charge in [-0.1, -0.05) is 0 Å². The molecule has 0 radical (unpaired) electrons. The maximum Gasteiger partial charge on any atom is 0.225 e. The van der Waals surface area contributed by atoms with Gasteiger partial charge in [-0.3, -0.25) is 4.79 Å². The quantitative estimate of drug-likeness (QED) is 0.832. The first kappa shape index (κ1) is 13.8. The van der Waals surface area contributed by atoms with Gasteiger partial charge in [-0.2, -0.15) is 0 Å². The molecule has 6 nitrogen and oxygen atoms in total. The summed E-state index contributed by atoms with van der Waals surface area (Å²) in [6, 6.07) is 3.63. The van der Waals surface area contributed by atoms with E-state index in [1.165, 1.54) is 0 Å². The van der Waals surface area contributed by atoms with Crippen molar-refractivity contribution in [2.45, 2.75) is 19.4 Å². The summed E-state index contributed by atoms with van der Waals surface area (Å²) in [6.45, 7) is 4.97. The molecule has 1 aromatic heterocycles. The lowest BCUT2D eigenvalue weighted by atomic mass is 10.2. The third-order valence-corrected chi connectivity index (χ3v) is 2.87. The van der Waals surface area contributed by atoms with E-state index >= 15 is 0 Å². The summed E-state index contributed by atoms with van der Waals surface area (Å²) in [4.78, 5) is 18.1. The third kappa shape index (κ3) is 4.18. The normalized spacial score (nSPS) is 17.1. The van der Waals surface area contributed by atoms with Gasteiger partial charge in [0.2, 0.25) is 5.91 Å². The zero-order valence-corrected chi connectivity index (χ0v) is 11.1. The number of nitrogens with zero attached hydrogens (tertiary/aromatic N) is 2. The van der Waals surface area contributed by atoms with Gasteiger partial charge >= 0.3 is 0 Å². The van der Waals surface area contributed by atoms with Crippen molar-refractivity contribution in [2.24, 2.45) is 5.73 Å². The van der Waals surface area contributed by atoms with Crippen LogP contribution in [-0.2, 0) is 9.53 Å². The SMILES string of the molecule is CC(N)CC(=O)Nc1ccc(N2CCOCC2)nc1. The minimum Gasteiger partial charge on any atom is -0.378 e. The van der Waals surface area contributed by atoms with Crippen LogP contribution < -0.4 is 16.0 Å². The van der Waals surface area contributed by atoms with Crippen LogP contribution in [-0.4, -0.2) is 43.2 Å². The Labute approximate surface area is 112 Å². The van der Waals surface area contributed by atoms with Crippen molar-refractivity contribution in [3.8, 4) is 0 Å². The molecular formula is C13H20N4O2. The number of amides is 1. The molecule has 0 bridgehead atoms. The summed E-state index contributed by atoms with van der Waals surface area (Å²) < 4.78 is 5.30. The van der Waals surface area contributed by atoms with E-state index < -0.39 is 0 Å². The lowest BCUT2D eigenvalue weighted by molar-refractivity contribution is -0.116. The van der Waals surface area contributed by atoms with E-state index in [0.717, 1.165) is 32.1 Å². The molecular weight excluding hydrogens is 244 g/mol. The maximum absolute atomic E-state index is 11.6. The number of ether oxygens (including phenoxy) is 1. The first-order chi connectivity index (χ1) is 9.15. The number of pyridine rings is 1. The third-order valence-electron chi connectivity index (χ3n) is 2.87. The molecule has 1 unspecified atom stereocenters. The van der Waals surface area contributed by atoms with Crippen molar-refractivity contribution in [3.05, 3.63) is 18.3 Å². The fourth-order valence-corrected chi connectivity index (χ4v) is 1.94. The van der Waals surface area contributed by atoms with Gasteiger partial charge in [0.25, 0.3) is 0 Å². The molecule has 19 heavy (non-hydrogen) atoms. The molecule has 0 spiro atoms. The molecule has 1 aliphatic rings. The molecule has 3 N–H and O–H groups in total. The van der Waals surface area contributed by atoms with Crippen LogP contribution in [0.4, 0.5) is 11.5 Å². The van der Waals surface area contributed by atoms with E-state index in [1.807, 2.05) is 12.1 Å². The zero-order valence-electron chi connectivity index (χ0n) is 11.1. The van der Waals surface area contributed by atoms with Crippen LogP contribution in [0.15, 0.2) is 18.3 Å². The summed E-state index contributed by atoms with van der Waals surface area (Å²) in [6.07, 6.45) is 1.98. The molecule has 1 aliphatic heterocycles. The topological polar surface area (TPSA) is 80.5 Å². The van der Waals surface area contributed by atoms with Gasteiger partial charge in [0.1, 0.15) is 5.82 Å². The van der Waals surface area contributed by atoms with Crippen LogP contribution >= 0.6 is 0 Å². The number of carbonyl (C=O) groups is 1. The summed E-state index contributed by atoms with van der Waals surface area (Å²) in [5.41, 5.74) is 6.27. The van der Waals surface area contributed by atoms with Gasteiger partial charge in [0.05, 0.1) is 25.1 Å². The molecule has 2 heterocycles. The Morgan fingerprint density at radius 2 is 2.26 bits per heavy atom. The zero-order chi connectivity index (χ0) is 13.7. The Balaban J connectivity index is 1.92. The molecule has 1 saturated heterocycles. The highest BCUT2D eigenvalue weighted by molar-refractivity contribution is 5.90. The van der Waals surface area contributed by atoms with Gasteiger partial charge in [0, 0.05) is 25.6 Å². The number of morpholine rings is 1. The molecule has 1 aromatic rings. The molecule has 0 aliphatic carbocycles. The molecule has 0 aromatic carbocycles. The van der Waals surface area contributed by atoms with Gasteiger partial charge in [0.15, 0.2) is 0 Å². The Morgan fingerprint density at radius 1 is 1.53 bits per heavy atom. The smallest absolute Gasteiger partial charge is 0.225 e. The molecule has 2 rings (SSSR count). The predicted molar refractivity (Wildman–Crippen MR) is 74.2 cm³/mol.